The Bertz CT molecular complexity index is 847. The molecule has 0 aliphatic heterocycles. The number of hydrogen-bond donors (Lipinski definition) is 2. The van der Waals surface area contributed by atoms with Crippen molar-refractivity contribution in [1.29, 1.82) is 0 Å². The van der Waals surface area contributed by atoms with Gasteiger partial charge >= 0.3 is 5.97 Å². The second-order valence-corrected chi connectivity index (χ2v) is 4.95. The number of carbonyl (C=O) groups excluding carboxylic acids is 2. The van der Waals surface area contributed by atoms with Crippen molar-refractivity contribution in [3.63, 3.8) is 0 Å². The zero-order chi connectivity index (χ0) is 15.9. The molecule has 2 aromatic rings. The number of rotatable bonds is 2. The Labute approximate surface area is 125 Å². The molecule has 108 valence electrons. The molecule has 0 saturated carbocycles. The highest BCUT2D eigenvalue weighted by atomic mass is 16.4. The van der Waals surface area contributed by atoms with Crippen LogP contribution in [0.5, 0.6) is 0 Å². The first-order chi connectivity index (χ1) is 10.5. The molecule has 0 bridgehead atoms. The van der Waals surface area contributed by atoms with Crippen LogP contribution in [0.4, 0.5) is 5.69 Å². The molecule has 2 aromatic carbocycles. The van der Waals surface area contributed by atoms with Gasteiger partial charge in [-0.1, -0.05) is 12.1 Å². The SMILES string of the molecule is Nc1ccc(/C=C2\C(=O)c3ccc(C(=O)O)cc3C2=O)cc1. The summed E-state index contributed by atoms with van der Waals surface area (Å²) < 4.78 is 0. The fraction of sp³-hybridized carbons (Fsp3) is 0. The molecular formula is C17H11NO4. The Balaban J connectivity index is 2.06. The minimum absolute atomic E-state index is 0.0198. The van der Waals surface area contributed by atoms with E-state index in [0.717, 1.165) is 0 Å². The molecule has 1 aliphatic rings. The zero-order valence-electron chi connectivity index (χ0n) is 11.4. The first kappa shape index (κ1) is 13.8. The summed E-state index contributed by atoms with van der Waals surface area (Å²) >= 11 is 0. The summed E-state index contributed by atoms with van der Waals surface area (Å²) in [6, 6.07) is 10.7. The van der Waals surface area contributed by atoms with Crippen molar-refractivity contribution >= 4 is 29.3 Å². The third-order valence-corrected chi connectivity index (χ3v) is 3.49. The number of carbonyl (C=O) groups is 3. The molecule has 1 aliphatic carbocycles. The van der Waals surface area contributed by atoms with Gasteiger partial charge in [-0.3, -0.25) is 9.59 Å². The molecule has 3 rings (SSSR count). The molecule has 0 fully saturated rings. The molecule has 0 amide bonds. The lowest BCUT2D eigenvalue weighted by molar-refractivity contribution is 0.0696. The quantitative estimate of drug-likeness (QED) is 0.503. The molecule has 5 heteroatoms. The average molecular weight is 293 g/mol. The van der Waals surface area contributed by atoms with Gasteiger partial charge in [-0.15, -0.1) is 0 Å². The van der Waals surface area contributed by atoms with Crippen molar-refractivity contribution in [1.82, 2.24) is 0 Å². The fourth-order valence-corrected chi connectivity index (χ4v) is 2.35. The van der Waals surface area contributed by atoms with Gasteiger partial charge in [-0.2, -0.15) is 0 Å². The molecule has 3 N–H and O–H groups in total. The molecule has 0 unspecified atom stereocenters. The summed E-state index contributed by atoms with van der Waals surface area (Å²) in [6.07, 6.45) is 1.49. The van der Waals surface area contributed by atoms with E-state index in [0.29, 0.717) is 11.3 Å². The number of Topliss-reactive ketones (excluding diaryl/α,β-unsaturated/α-hetero) is 2. The number of ketones is 2. The predicted octanol–water partition coefficient (Wildman–Crippen LogP) is 2.43. The van der Waals surface area contributed by atoms with E-state index in [-0.39, 0.29) is 22.3 Å². The monoisotopic (exact) mass is 293 g/mol. The van der Waals surface area contributed by atoms with Gasteiger partial charge in [-0.05, 0) is 42.0 Å². The standard InChI is InChI=1S/C17H11NO4/c18-11-4-1-9(2-5-11)7-14-15(19)12-6-3-10(17(21)22)8-13(12)16(14)20/h1-8H,18H2,(H,21,22)/b14-7+. The molecule has 5 nitrogen and oxygen atoms in total. The van der Waals surface area contributed by atoms with Crippen molar-refractivity contribution in [2.75, 3.05) is 5.73 Å². The van der Waals surface area contributed by atoms with Gasteiger partial charge in [0.15, 0.2) is 11.6 Å². The van der Waals surface area contributed by atoms with Crippen LogP contribution in [-0.2, 0) is 0 Å². The minimum Gasteiger partial charge on any atom is -0.478 e. The van der Waals surface area contributed by atoms with Crippen molar-refractivity contribution in [3.8, 4) is 0 Å². The van der Waals surface area contributed by atoms with E-state index in [1.165, 1.54) is 24.3 Å². The van der Waals surface area contributed by atoms with Crippen LogP contribution >= 0.6 is 0 Å². The third-order valence-electron chi connectivity index (χ3n) is 3.49. The van der Waals surface area contributed by atoms with Crippen LogP contribution < -0.4 is 5.73 Å². The van der Waals surface area contributed by atoms with E-state index < -0.39 is 17.5 Å². The second-order valence-electron chi connectivity index (χ2n) is 4.95. The molecular weight excluding hydrogens is 282 g/mol. The van der Waals surface area contributed by atoms with E-state index in [1.54, 1.807) is 24.3 Å². The van der Waals surface area contributed by atoms with Crippen LogP contribution in [0.1, 0.15) is 36.6 Å². The number of benzene rings is 2. The Morgan fingerprint density at radius 2 is 1.59 bits per heavy atom. The predicted molar refractivity (Wildman–Crippen MR) is 80.9 cm³/mol. The third kappa shape index (κ3) is 2.18. The first-order valence-corrected chi connectivity index (χ1v) is 6.51. The van der Waals surface area contributed by atoms with Crippen LogP contribution in [0.2, 0.25) is 0 Å². The van der Waals surface area contributed by atoms with E-state index in [9.17, 15) is 14.4 Å². The molecule has 22 heavy (non-hydrogen) atoms. The van der Waals surface area contributed by atoms with Gasteiger partial charge in [0.1, 0.15) is 0 Å². The Morgan fingerprint density at radius 1 is 0.955 bits per heavy atom. The number of nitrogen functional groups attached to an aromatic ring is 1. The lowest BCUT2D eigenvalue weighted by Gasteiger charge is -1.97. The van der Waals surface area contributed by atoms with Crippen LogP contribution in [0.25, 0.3) is 6.08 Å². The van der Waals surface area contributed by atoms with Crippen LogP contribution in [0, 0.1) is 0 Å². The maximum Gasteiger partial charge on any atom is 0.335 e. The van der Waals surface area contributed by atoms with Gasteiger partial charge in [0.2, 0.25) is 0 Å². The summed E-state index contributed by atoms with van der Waals surface area (Å²) in [7, 11) is 0. The normalized spacial score (nSPS) is 15.2. The lowest BCUT2D eigenvalue weighted by Crippen LogP contribution is -2.01. The van der Waals surface area contributed by atoms with Gasteiger partial charge in [0.05, 0.1) is 11.1 Å². The highest BCUT2D eigenvalue weighted by Crippen LogP contribution is 2.29. The summed E-state index contributed by atoms with van der Waals surface area (Å²) in [4.78, 5) is 35.6. The van der Waals surface area contributed by atoms with Crippen LogP contribution in [-0.4, -0.2) is 22.6 Å². The van der Waals surface area contributed by atoms with Gasteiger partial charge < -0.3 is 10.8 Å². The highest BCUT2D eigenvalue weighted by molar-refractivity contribution is 6.41. The number of allylic oxidation sites excluding steroid dienone is 1. The average Bonchev–Trinajstić information content (AvgIpc) is 2.74. The molecule has 0 heterocycles. The van der Waals surface area contributed by atoms with Gasteiger partial charge in [0.25, 0.3) is 0 Å². The minimum atomic E-state index is -1.14. The molecule has 0 radical (unpaired) electrons. The van der Waals surface area contributed by atoms with Crippen LogP contribution in [0.3, 0.4) is 0 Å². The van der Waals surface area contributed by atoms with Crippen molar-refractivity contribution in [3.05, 3.63) is 70.3 Å². The lowest BCUT2D eigenvalue weighted by atomic mass is 10.1. The van der Waals surface area contributed by atoms with E-state index >= 15 is 0 Å². The number of anilines is 1. The maximum absolute atomic E-state index is 12.3. The first-order valence-electron chi connectivity index (χ1n) is 6.51. The van der Waals surface area contributed by atoms with E-state index in [2.05, 4.69) is 0 Å². The second kappa shape index (κ2) is 4.96. The summed E-state index contributed by atoms with van der Waals surface area (Å²) in [5.41, 5.74) is 7.23. The Kier molecular flexibility index (Phi) is 3.10. The highest BCUT2D eigenvalue weighted by Gasteiger charge is 2.33. The number of aromatic carboxylic acids is 1. The Hall–Kier alpha value is -3.21. The molecule has 0 saturated heterocycles. The van der Waals surface area contributed by atoms with Crippen molar-refractivity contribution in [2.24, 2.45) is 0 Å². The van der Waals surface area contributed by atoms with Crippen molar-refractivity contribution in [2.45, 2.75) is 0 Å². The molecule has 0 atom stereocenters. The topological polar surface area (TPSA) is 97.5 Å². The summed E-state index contributed by atoms with van der Waals surface area (Å²) in [5, 5.41) is 8.97. The number of carboxylic acid groups (broad SMARTS) is 1. The largest absolute Gasteiger partial charge is 0.478 e. The number of nitrogens with two attached hydrogens (primary N) is 1. The zero-order valence-corrected chi connectivity index (χ0v) is 11.4. The summed E-state index contributed by atoms with van der Waals surface area (Å²) in [5.74, 6) is -1.99. The Morgan fingerprint density at radius 3 is 2.23 bits per heavy atom. The number of carboxylic acids is 1. The summed E-state index contributed by atoms with van der Waals surface area (Å²) in [6.45, 7) is 0. The van der Waals surface area contributed by atoms with Crippen molar-refractivity contribution < 1.29 is 19.5 Å². The smallest absolute Gasteiger partial charge is 0.335 e. The molecule has 0 aromatic heterocycles. The van der Waals surface area contributed by atoms with Crippen LogP contribution in [0.15, 0.2) is 48.0 Å². The maximum atomic E-state index is 12.3. The van der Waals surface area contributed by atoms with E-state index in [4.69, 9.17) is 10.8 Å². The van der Waals surface area contributed by atoms with Gasteiger partial charge in [-0.25, -0.2) is 4.79 Å². The fourth-order valence-electron chi connectivity index (χ4n) is 2.35. The number of hydrogen-bond acceptors (Lipinski definition) is 4. The number of fused-ring (bicyclic) bond motifs is 1. The molecule has 0 spiro atoms. The van der Waals surface area contributed by atoms with Gasteiger partial charge in [0, 0.05) is 16.8 Å². The van der Waals surface area contributed by atoms with E-state index in [1.807, 2.05) is 0 Å².